The molecule has 0 saturated carbocycles. The Morgan fingerprint density at radius 2 is 1.84 bits per heavy atom. The van der Waals surface area contributed by atoms with Gasteiger partial charge in [0.2, 0.25) is 0 Å². The average Bonchev–Trinajstić information content (AvgIpc) is 3.18. The van der Waals surface area contributed by atoms with E-state index in [2.05, 4.69) is 24.8 Å². The summed E-state index contributed by atoms with van der Waals surface area (Å²) in [6.45, 7) is 7.13. The molecule has 0 aliphatic heterocycles. The van der Waals surface area contributed by atoms with Gasteiger partial charge in [0, 0.05) is 29.8 Å². The quantitative estimate of drug-likeness (QED) is 0.425. The van der Waals surface area contributed by atoms with Crippen molar-refractivity contribution in [2.45, 2.75) is 23.6 Å². The summed E-state index contributed by atoms with van der Waals surface area (Å²) in [5.41, 5.74) is 1.19. The number of carbonyl (C=O) groups is 1. The maximum atomic E-state index is 13.5. The van der Waals surface area contributed by atoms with Gasteiger partial charge in [-0.15, -0.1) is 11.8 Å². The molecule has 1 heterocycles. The molecule has 9 heteroatoms. The Kier molecular flexibility index (Phi) is 7.74. The van der Waals surface area contributed by atoms with Crippen LogP contribution in [0.15, 0.2) is 52.3 Å². The standard InChI is InChI=1S/C22H27N3O3S3/c1-5-24(6-2)12-13-25(21(26)16-8-7-9-18(14-16)31(4,27)28)22-23-19-11-10-17(29-3)15-20(19)30-22/h7-11,14-15H,5-6,12-13H2,1-4H3. The first-order valence-electron chi connectivity index (χ1n) is 10.1. The lowest BCUT2D eigenvalue weighted by molar-refractivity contribution is 0.0983. The summed E-state index contributed by atoms with van der Waals surface area (Å²) in [4.78, 5) is 23.4. The molecule has 0 spiro atoms. The largest absolute Gasteiger partial charge is 0.302 e. The highest BCUT2D eigenvalue weighted by Gasteiger charge is 2.23. The zero-order valence-electron chi connectivity index (χ0n) is 18.2. The van der Waals surface area contributed by atoms with Crippen LogP contribution in [0.25, 0.3) is 10.2 Å². The van der Waals surface area contributed by atoms with Crippen LogP contribution in [-0.4, -0.2) is 62.9 Å². The second kappa shape index (κ2) is 10.1. The summed E-state index contributed by atoms with van der Waals surface area (Å²) in [5, 5.41) is 0.621. The number of amides is 1. The van der Waals surface area contributed by atoms with Crippen LogP contribution in [0.2, 0.25) is 0 Å². The number of aromatic nitrogens is 1. The Labute approximate surface area is 192 Å². The zero-order chi connectivity index (χ0) is 22.6. The van der Waals surface area contributed by atoms with Crippen molar-refractivity contribution in [1.29, 1.82) is 0 Å². The van der Waals surface area contributed by atoms with E-state index in [1.165, 1.54) is 23.5 Å². The molecule has 6 nitrogen and oxygen atoms in total. The molecule has 31 heavy (non-hydrogen) atoms. The fraction of sp³-hybridized carbons (Fsp3) is 0.364. The molecule has 0 fully saturated rings. The lowest BCUT2D eigenvalue weighted by atomic mass is 10.2. The number of nitrogens with zero attached hydrogens (tertiary/aromatic N) is 3. The first-order valence-corrected chi connectivity index (χ1v) is 14.0. The Balaban J connectivity index is 2.01. The van der Waals surface area contributed by atoms with Crippen molar-refractivity contribution in [2.24, 2.45) is 0 Å². The van der Waals surface area contributed by atoms with Crippen LogP contribution in [0.1, 0.15) is 24.2 Å². The molecule has 2 aromatic carbocycles. The average molecular weight is 478 g/mol. The van der Waals surface area contributed by atoms with E-state index in [4.69, 9.17) is 4.98 Å². The van der Waals surface area contributed by atoms with E-state index >= 15 is 0 Å². The molecule has 0 aliphatic rings. The maximum absolute atomic E-state index is 13.5. The number of carbonyl (C=O) groups excluding carboxylic acids is 1. The van der Waals surface area contributed by atoms with Gasteiger partial charge in [0.15, 0.2) is 15.0 Å². The smallest absolute Gasteiger partial charge is 0.260 e. The minimum atomic E-state index is -3.41. The van der Waals surface area contributed by atoms with Gasteiger partial charge in [0.05, 0.1) is 15.1 Å². The van der Waals surface area contributed by atoms with Crippen molar-refractivity contribution < 1.29 is 13.2 Å². The van der Waals surface area contributed by atoms with Crippen molar-refractivity contribution in [3.8, 4) is 0 Å². The van der Waals surface area contributed by atoms with E-state index < -0.39 is 9.84 Å². The number of rotatable bonds is 9. The van der Waals surface area contributed by atoms with Crippen molar-refractivity contribution in [3.63, 3.8) is 0 Å². The van der Waals surface area contributed by atoms with Gasteiger partial charge in [-0.25, -0.2) is 13.4 Å². The molecule has 0 atom stereocenters. The number of hydrogen-bond donors (Lipinski definition) is 0. The Morgan fingerprint density at radius 3 is 2.48 bits per heavy atom. The fourth-order valence-corrected chi connectivity index (χ4v) is 5.43. The van der Waals surface area contributed by atoms with E-state index in [1.54, 1.807) is 28.8 Å². The number of thioether (sulfide) groups is 1. The van der Waals surface area contributed by atoms with Gasteiger partial charge in [0.1, 0.15) is 0 Å². The predicted molar refractivity (Wildman–Crippen MR) is 130 cm³/mol. The molecule has 0 bridgehead atoms. The van der Waals surface area contributed by atoms with Crippen LogP contribution in [0, 0.1) is 0 Å². The van der Waals surface area contributed by atoms with Gasteiger partial charge in [-0.1, -0.05) is 31.3 Å². The molecule has 0 unspecified atom stereocenters. The second-order valence-electron chi connectivity index (χ2n) is 7.11. The number of hydrogen-bond acceptors (Lipinski definition) is 7. The Hall–Kier alpha value is -1.94. The first-order chi connectivity index (χ1) is 14.8. The number of benzene rings is 2. The highest BCUT2D eigenvalue weighted by molar-refractivity contribution is 7.98. The Morgan fingerprint density at radius 1 is 1.10 bits per heavy atom. The highest BCUT2D eigenvalue weighted by atomic mass is 32.2. The molecule has 0 radical (unpaired) electrons. The number of thiazole rings is 1. The van der Waals surface area contributed by atoms with Gasteiger partial charge < -0.3 is 4.90 Å². The molecule has 0 saturated heterocycles. The third kappa shape index (κ3) is 5.65. The number of likely N-dealkylation sites (N-methyl/N-ethyl adjacent to an activating group) is 1. The monoisotopic (exact) mass is 477 g/mol. The molecule has 166 valence electrons. The lowest BCUT2D eigenvalue weighted by Gasteiger charge is -2.24. The lowest BCUT2D eigenvalue weighted by Crippen LogP contribution is -2.38. The summed E-state index contributed by atoms with van der Waals surface area (Å²) >= 11 is 3.14. The topological polar surface area (TPSA) is 70.6 Å². The molecule has 0 N–H and O–H groups in total. The van der Waals surface area contributed by atoms with Crippen LogP contribution in [-0.2, 0) is 9.84 Å². The van der Waals surface area contributed by atoms with Crippen LogP contribution in [0.4, 0.5) is 5.13 Å². The van der Waals surface area contributed by atoms with E-state index in [0.717, 1.165) is 34.5 Å². The van der Waals surface area contributed by atoms with Crippen molar-refractivity contribution in [3.05, 3.63) is 48.0 Å². The van der Waals surface area contributed by atoms with Gasteiger partial charge >= 0.3 is 0 Å². The van der Waals surface area contributed by atoms with E-state index in [-0.39, 0.29) is 10.8 Å². The normalized spacial score (nSPS) is 11.9. The van der Waals surface area contributed by atoms with Crippen LogP contribution >= 0.6 is 23.1 Å². The van der Waals surface area contributed by atoms with E-state index in [1.807, 2.05) is 18.4 Å². The van der Waals surface area contributed by atoms with Crippen LogP contribution in [0.5, 0.6) is 0 Å². The Bertz CT molecular complexity index is 1170. The SMILES string of the molecule is CCN(CC)CCN(C(=O)c1cccc(S(C)(=O)=O)c1)c1nc2ccc(SC)cc2s1. The third-order valence-electron chi connectivity index (χ3n) is 5.10. The summed E-state index contributed by atoms with van der Waals surface area (Å²) in [7, 11) is -3.41. The minimum Gasteiger partial charge on any atom is -0.302 e. The van der Waals surface area contributed by atoms with E-state index in [0.29, 0.717) is 23.8 Å². The number of sulfone groups is 1. The highest BCUT2D eigenvalue weighted by Crippen LogP contribution is 2.32. The molecule has 1 aromatic heterocycles. The molecule has 3 aromatic rings. The number of anilines is 1. The summed E-state index contributed by atoms with van der Waals surface area (Å²) in [6.07, 6.45) is 3.17. The second-order valence-corrected chi connectivity index (χ2v) is 11.0. The first kappa shape index (κ1) is 23.7. The van der Waals surface area contributed by atoms with Gasteiger partial charge in [-0.2, -0.15) is 0 Å². The molecule has 1 amide bonds. The minimum absolute atomic E-state index is 0.135. The summed E-state index contributed by atoms with van der Waals surface area (Å²) in [6, 6.07) is 12.3. The van der Waals surface area contributed by atoms with Crippen LogP contribution in [0.3, 0.4) is 0 Å². The van der Waals surface area contributed by atoms with Crippen molar-refractivity contribution >= 4 is 54.2 Å². The summed E-state index contributed by atoms with van der Waals surface area (Å²) < 4.78 is 25.0. The van der Waals surface area contributed by atoms with Gasteiger partial charge in [0.25, 0.3) is 5.91 Å². The maximum Gasteiger partial charge on any atom is 0.260 e. The van der Waals surface area contributed by atoms with Gasteiger partial charge in [-0.05, 0) is 55.7 Å². The van der Waals surface area contributed by atoms with E-state index in [9.17, 15) is 13.2 Å². The van der Waals surface area contributed by atoms with Crippen LogP contribution < -0.4 is 4.90 Å². The summed E-state index contributed by atoms with van der Waals surface area (Å²) in [5.74, 6) is -0.248. The molecular formula is C22H27N3O3S3. The third-order valence-corrected chi connectivity index (χ3v) is 7.98. The van der Waals surface area contributed by atoms with Crippen molar-refractivity contribution in [1.82, 2.24) is 9.88 Å². The number of fused-ring (bicyclic) bond motifs is 1. The zero-order valence-corrected chi connectivity index (χ0v) is 20.6. The molecule has 0 aliphatic carbocycles. The predicted octanol–water partition coefficient (Wildman–Crippen LogP) is 4.41. The van der Waals surface area contributed by atoms with Gasteiger partial charge in [-0.3, -0.25) is 9.69 Å². The molecular weight excluding hydrogens is 450 g/mol. The molecule has 3 rings (SSSR count). The van der Waals surface area contributed by atoms with Crippen molar-refractivity contribution in [2.75, 3.05) is 43.6 Å². The fourth-order valence-electron chi connectivity index (χ4n) is 3.22.